The summed E-state index contributed by atoms with van der Waals surface area (Å²) in [6, 6.07) is 0. The number of aromatic nitrogens is 1. The molecule has 1 spiro atoms. The number of nitrogens with one attached hydrogen (secondary N) is 1. The summed E-state index contributed by atoms with van der Waals surface area (Å²) < 4.78 is 18.5. The lowest BCUT2D eigenvalue weighted by molar-refractivity contribution is -0.179. The number of carbonyl (C=O) groups is 1. The van der Waals surface area contributed by atoms with Crippen LogP contribution in [0, 0.1) is 0 Å². The Bertz CT molecular complexity index is 627. The van der Waals surface area contributed by atoms with E-state index in [-0.39, 0.29) is 18.2 Å². The largest absolute Gasteiger partial charge is 0.458 e. The van der Waals surface area contributed by atoms with Crippen molar-refractivity contribution in [3.8, 4) is 0 Å². The number of hydrogen-bond donors (Lipinski definition) is 1. The van der Waals surface area contributed by atoms with E-state index in [2.05, 4.69) is 26.2 Å². The number of hydrogen-bond acceptors (Lipinski definition) is 7. The molecule has 2 heterocycles. The van der Waals surface area contributed by atoms with E-state index in [1.54, 1.807) is 11.3 Å². The summed E-state index contributed by atoms with van der Waals surface area (Å²) in [6.45, 7) is 8.02. The molecule has 0 amide bonds. The van der Waals surface area contributed by atoms with Crippen molar-refractivity contribution in [2.24, 2.45) is 0 Å². The molecule has 1 aromatic rings. The molecule has 3 rings (SSSR count). The molecular weight excluding hydrogens is 420 g/mol. The van der Waals surface area contributed by atoms with Crippen LogP contribution >= 0.6 is 27.3 Å². The summed E-state index contributed by atoms with van der Waals surface area (Å²) >= 11 is 4.99. The number of ether oxygens (including phenoxy) is 3. The van der Waals surface area contributed by atoms with E-state index in [1.165, 1.54) is 0 Å². The zero-order chi connectivity index (χ0) is 18.8. The lowest BCUT2D eigenvalue weighted by Gasteiger charge is -2.46. The lowest BCUT2D eigenvalue weighted by Crippen LogP contribution is -2.54. The predicted octanol–water partition coefficient (Wildman–Crippen LogP) is 3.39. The van der Waals surface area contributed by atoms with Crippen LogP contribution in [0.2, 0.25) is 0 Å². The minimum absolute atomic E-state index is 0.0689. The van der Waals surface area contributed by atoms with Crippen molar-refractivity contribution in [2.75, 3.05) is 26.3 Å². The van der Waals surface area contributed by atoms with Crippen molar-refractivity contribution in [1.82, 2.24) is 10.3 Å². The highest BCUT2D eigenvalue weighted by atomic mass is 79.9. The molecular formula is C18H27BrN2O4S. The van der Waals surface area contributed by atoms with Gasteiger partial charge in [-0.2, -0.15) is 0 Å². The maximum absolute atomic E-state index is 12.2. The Morgan fingerprint density at radius 2 is 2.12 bits per heavy atom. The summed E-state index contributed by atoms with van der Waals surface area (Å²) in [6.07, 6.45) is 3.31. The minimum Gasteiger partial charge on any atom is -0.458 e. The molecule has 26 heavy (non-hydrogen) atoms. The molecule has 0 aromatic carbocycles. The maximum atomic E-state index is 12.2. The van der Waals surface area contributed by atoms with Gasteiger partial charge in [-0.15, -0.1) is 11.3 Å². The Labute approximate surface area is 167 Å². The van der Waals surface area contributed by atoms with Gasteiger partial charge in [0, 0.05) is 18.5 Å². The van der Waals surface area contributed by atoms with Gasteiger partial charge < -0.3 is 19.5 Å². The van der Waals surface area contributed by atoms with Gasteiger partial charge in [0.1, 0.15) is 27.4 Å². The first-order chi connectivity index (χ1) is 12.2. The van der Waals surface area contributed by atoms with Crippen molar-refractivity contribution in [3.05, 3.63) is 15.0 Å². The van der Waals surface area contributed by atoms with Gasteiger partial charge in [-0.1, -0.05) is 0 Å². The van der Waals surface area contributed by atoms with Crippen LogP contribution in [-0.2, 0) is 24.6 Å². The van der Waals surface area contributed by atoms with Crippen LogP contribution in [0.3, 0.4) is 0 Å². The number of rotatable bonds is 4. The molecule has 0 radical (unpaired) electrons. The molecule has 1 aliphatic heterocycles. The van der Waals surface area contributed by atoms with Crippen LogP contribution in [0.4, 0.5) is 0 Å². The summed E-state index contributed by atoms with van der Waals surface area (Å²) in [7, 11) is 0. The first kappa shape index (κ1) is 20.2. The van der Waals surface area contributed by atoms with E-state index in [9.17, 15) is 4.79 Å². The summed E-state index contributed by atoms with van der Waals surface area (Å²) in [5, 5.41) is 6.30. The van der Waals surface area contributed by atoms with Crippen LogP contribution in [0.5, 0.6) is 0 Å². The van der Waals surface area contributed by atoms with E-state index >= 15 is 0 Å². The average Bonchev–Trinajstić information content (AvgIpc) is 3.01. The fraction of sp³-hybridized carbons (Fsp3) is 0.778. The predicted molar refractivity (Wildman–Crippen MR) is 103 cm³/mol. The van der Waals surface area contributed by atoms with Crippen LogP contribution < -0.4 is 5.32 Å². The fourth-order valence-electron chi connectivity index (χ4n) is 3.59. The zero-order valence-electron chi connectivity index (χ0n) is 15.6. The van der Waals surface area contributed by atoms with Gasteiger partial charge in [-0.3, -0.25) is 0 Å². The van der Waals surface area contributed by atoms with Crippen molar-refractivity contribution >= 4 is 33.2 Å². The Hall–Kier alpha value is -0.540. The highest BCUT2D eigenvalue weighted by Gasteiger charge is 2.47. The van der Waals surface area contributed by atoms with Crippen LogP contribution in [0.25, 0.3) is 0 Å². The van der Waals surface area contributed by atoms with Gasteiger partial charge in [-0.05, 0) is 62.4 Å². The number of thiazole rings is 1. The number of esters is 1. The number of morpholine rings is 1. The highest BCUT2D eigenvalue weighted by molar-refractivity contribution is 9.10. The smallest absolute Gasteiger partial charge is 0.332 e. The first-order valence-electron chi connectivity index (χ1n) is 9.04. The lowest BCUT2D eigenvalue weighted by atomic mass is 9.75. The maximum Gasteiger partial charge on any atom is 0.332 e. The second-order valence-corrected chi connectivity index (χ2v) is 9.72. The van der Waals surface area contributed by atoms with Crippen LogP contribution in [-0.4, -0.2) is 48.5 Å². The molecule has 1 aliphatic carbocycles. The van der Waals surface area contributed by atoms with Gasteiger partial charge in [-0.25, -0.2) is 9.78 Å². The number of carbonyl (C=O) groups excluding carboxylic acids is 1. The molecule has 2 fully saturated rings. The standard InChI is InChI=1S/C18H27BrN2O4S/c1-16(2,3)25-14(22)10-24-18(15-21-13(19)11-26-15)6-4-17(5-7-18)12-20-8-9-23-17/h11,20H,4-10,12H2,1-3H3. The van der Waals surface area contributed by atoms with E-state index < -0.39 is 11.2 Å². The number of nitrogens with zero attached hydrogens (tertiary/aromatic N) is 1. The second-order valence-electron chi connectivity index (χ2n) is 8.05. The molecule has 2 aliphatic rings. The molecule has 1 saturated heterocycles. The van der Waals surface area contributed by atoms with Gasteiger partial charge in [0.2, 0.25) is 0 Å². The van der Waals surface area contributed by atoms with Crippen molar-refractivity contribution < 1.29 is 19.0 Å². The Balaban J connectivity index is 1.71. The summed E-state index contributed by atoms with van der Waals surface area (Å²) in [5.74, 6) is -0.344. The van der Waals surface area contributed by atoms with Gasteiger partial charge in [0.15, 0.2) is 0 Å². The molecule has 1 aromatic heterocycles. The Kier molecular flexibility index (Phi) is 6.08. The van der Waals surface area contributed by atoms with Crippen molar-refractivity contribution in [1.29, 1.82) is 0 Å². The van der Waals surface area contributed by atoms with Crippen molar-refractivity contribution in [3.63, 3.8) is 0 Å². The third-order valence-electron chi connectivity index (χ3n) is 4.86. The van der Waals surface area contributed by atoms with Gasteiger partial charge >= 0.3 is 5.97 Å². The molecule has 0 bridgehead atoms. The van der Waals surface area contributed by atoms with Gasteiger partial charge in [0.25, 0.3) is 0 Å². The van der Waals surface area contributed by atoms with E-state index in [4.69, 9.17) is 14.2 Å². The molecule has 1 saturated carbocycles. The molecule has 0 unspecified atom stereocenters. The normalized spacial score (nSPS) is 29.7. The SMILES string of the molecule is CC(C)(C)OC(=O)COC1(c2nc(Br)cs2)CCC2(CC1)CNCCO2. The fourth-order valence-corrected chi connectivity index (χ4v) is 5.05. The van der Waals surface area contributed by atoms with Gasteiger partial charge in [0.05, 0.1) is 12.2 Å². The monoisotopic (exact) mass is 446 g/mol. The van der Waals surface area contributed by atoms with E-state index in [1.807, 2.05) is 26.2 Å². The summed E-state index contributed by atoms with van der Waals surface area (Å²) in [5.41, 5.74) is -1.19. The van der Waals surface area contributed by atoms with E-state index in [0.717, 1.165) is 55.0 Å². The van der Waals surface area contributed by atoms with Crippen LogP contribution in [0.15, 0.2) is 9.98 Å². The quantitative estimate of drug-likeness (QED) is 0.714. The topological polar surface area (TPSA) is 69.7 Å². The Morgan fingerprint density at radius 3 is 2.65 bits per heavy atom. The summed E-state index contributed by atoms with van der Waals surface area (Å²) in [4.78, 5) is 16.8. The zero-order valence-corrected chi connectivity index (χ0v) is 18.0. The third-order valence-corrected chi connectivity index (χ3v) is 6.59. The highest BCUT2D eigenvalue weighted by Crippen LogP contribution is 2.47. The van der Waals surface area contributed by atoms with E-state index in [0.29, 0.717) is 0 Å². The second kappa shape index (κ2) is 7.83. The molecule has 1 N–H and O–H groups in total. The minimum atomic E-state index is -0.556. The van der Waals surface area contributed by atoms with Crippen molar-refractivity contribution in [2.45, 2.75) is 63.3 Å². The molecule has 6 nitrogen and oxygen atoms in total. The Morgan fingerprint density at radius 1 is 1.38 bits per heavy atom. The van der Waals surface area contributed by atoms with Crippen LogP contribution in [0.1, 0.15) is 51.5 Å². The molecule has 146 valence electrons. The number of halogens is 1. The third kappa shape index (κ3) is 4.84. The average molecular weight is 447 g/mol. The molecule has 8 heteroatoms. The first-order valence-corrected chi connectivity index (χ1v) is 10.7. The molecule has 0 atom stereocenters.